The molecule has 0 saturated carbocycles. The molecule has 1 heterocycles. The van der Waals surface area contributed by atoms with Crippen LogP contribution in [0.3, 0.4) is 0 Å². The largest absolute Gasteiger partial charge is 0.481 e. The van der Waals surface area contributed by atoms with Gasteiger partial charge in [-0.3, -0.25) is 4.79 Å². The van der Waals surface area contributed by atoms with E-state index in [-0.39, 0.29) is 17.5 Å². The Morgan fingerprint density at radius 1 is 1.55 bits per heavy atom. The van der Waals surface area contributed by atoms with Gasteiger partial charge < -0.3 is 9.67 Å². The topological polar surface area (TPSA) is 101 Å². The van der Waals surface area contributed by atoms with Gasteiger partial charge in [0.05, 0.1) is 0 Å². The monoisotopic (exact) mass is 303 g/mol. The van der Waals surface area contributed by atoms with E-state index in [9.17, 15) is 13.2 Å². The van der Waals surface area contributed by atoms with Crippen LogP contribution in [0.4, 0.5) is 0 Å². The molecule has 0 fully saturated rings. The van der Waals surface area contributed by atoms with Crippen molar-refractivity contribution in [3.63, 3.8) is 0 Å². The van der Waals surface area contributed by atoms with Crippen LogP contribution in [-0.2, 0) is 21.4 Å². The van der Waals surface area contributed by atoms with Crippen LogP contribution in [0.25, 0.3) is 0 Å². The van der Waals surface area contributed by atoms with Gasteiger partial charge in [0.2, 0.25) is 0 Å². The molecule has 1 unspecified atom stereocenters. The minimum Gasteiger partial charge on any atom is -0.481 e. The third kappa shape index (κ3) is 4.61. The SMILES string of the molecule is CCn1cc(S(=O)(=O)NC(C)CCCC(=O)O)nc1C. The number of carboxylic acid groups (broad SMARTS) is 1. The molecule has 0 amide bonds. The number of sulfonamides is 1. The first kappa shape index (κ1) is 16.6. The molecule has 1 atom stereocenters. The number of imidazole rings is 1. The molecule has 0 saturated heterocycles. The standard InChI is InChI=1S/C12H21N3O4S/c1-4-15-8-11(13-10(15)3)20(18,19)14-9(2)6-5-7-12(16)17/h8-9,14H,4-7H2,1-3H3,(H,16,17). The van der Waals surface area contributed by atoms with Gasteiger partial charge >= 0.3 is 5.97 Å². The second-order valence-electron chi connectivity index (χ2n) is 4.72. The molecule has 20 heavy (non-hydrogen) atoms. The van der Waals surface area contributed by atoms with Crippen molar-refractivity contribution < 1.29 is 18.3 Å². The van der Waals surface area contributed by atoms with Crippen LogP contribution in [0.2, 0.25) is 0 Å². The molecule has 0 spiro atoms. The molecule has 0 bridgehead atoms. The van der Waals surface area contributed by atoms with Crippen LogP contribution in [0, 0.1) is 6.92 Å². The quantitative estimate of drug-likeness (QED) is 0.749. The lowest BCUT2D eigenvalue weighted by Crippen LogP contribution is -2.32. The third-order valence-electron chi connectivity index (χ3n) is 2.95. The highest BCUT2D eigenvalue weighted by atomic mass is 32.2. The van der Waals surface area contributed by atoms with Crippen molar-refractivity contribution in [3.05, 3.63) is 12.0 Å². The zero-order valence-electron chi connectivity index (χ0n) is 12.0. The van der Waals surface area contributed by atoms with E-state index in [4.69, 9.17) is 5.11 Å². The number of hydrogen-bond donors (Lipinski definition) is 2. The maximum Gasteiger partial charge on any atom is 0.303 e. The second kappa shape index (κ2) is 6.85. The van der Waals surface area contributed by atoms with Gasteiger partial charge in [-0.15, -0.1) is 0 Å². The minimum atomic E-state index is -3.65. The van der Waals surface area contributed by atoms with Gasteiger partial charge in [0.25, 0.3) is 10.0 Å². The van der Waals surface area contributed by atoms with Crippen molar-refractivity contribution in [2.75, 3.05) is 0 Å². The molecule has 1 rings (SSSR count). The van der Waals surface area contributed by atoms with Gasteiger partial charge in [-0.1, -0.05) is 0 Å². The fourth-order valence-corrected chi connectivity index (χ4v) is 3.16. The van der Waals surface area contributed by atoms with E-state index in [0.29, 0.717) is 25.2 Å². The zero-order valence-corrected chi connectivity index (χ0v) is 12.8. The Morgan fingerprint density at radius 3 is 2.70 bits per heavy atom. The summed E-state index contributed by atoms with van der Waals surface area (Å²) >= 11 is 0. The van der Waals surface area contributed by atoms with Crippen molar-refractivity contribution in [2.45, 2.75) is 57.6 Å². The Morgan fingerprint density at radius 2 is 2.20 bits per heavy atom. The number of rotatable bonds is 8. The Labute approximate surface area is 119 Å². The Kier molecular flexibility index (Phi) is 5.70. The van der Waals surface area contributed by atoms with Crippen LogP contribution in [0.15, 0.2) is 11.2 Å². The average Bonchev–Trinajstić information content (AvgIpc) is 2.70. The van der Waals surface area contributed by atoms with Gasteiger partial charge in [0.1, 0.15) is 5.82 Å². The van der Waals surface area contributed by atoms with Crippen molar-refractivity contribution in [1.29, 1.82) is 0 Å². The summed E-state index contributed by atoms with van der Waals surface area (Å²) in [7, 11) is -3.65. The summed E-state index contributed by atoms with van der Waals surface area (Å²) in [6.45, 7) is 6.03. The normalized spacial score (nSPS) is 13.3. The van der Waals surface area contributed by atoms with Gasteiger partial charge in [-0.25, -0.2) is 18.1 Å². The van der Waals surface area contributed by atoms with E-state index < -0.39 is 16.0 Å². The van der Waals surface area contributed by atoms with E-state index in [1.165, 1.54) is 6.20 Å². The Balaban J connectivity index is 2.66. The van der Waals surface area contributed by atoms with Gasteiger partial charge in [0, 0.05) is 25.2 Å². The van der Waals surface area contributed by atoms with Crippen molar-refractivity contribution >= 4 is 16.0 Å². The number of hydrogen-bond acceptors (Lipinski definition) is 4. The molecule has 1 aromatic rings. The summed E-state index contributed by atoms with van der Waals surface area (Å²) in [6.07, 6.45) is 2.44. The first-order chi connectivity index (χ1) is 9.26. The van der Waals surface area contributed by atoms with E-state index >= 15 is 0 Å². The fraction of sp³-hybridized carbons (Fsp3) is 0.667. The summed E-state index contributed by atoms with van der Waals surface area (Å²) in [5.74, 6) is -0.233. The first-order valence-electron chi connectivity index (χ1n) is 6.54. The molecule has 0 aliphatic carbocycles. The Bertz CT molecular complexity index is 565. The predicted octanol–water partition coefficient (Wildman–Crippen LogP) is 1.13. The lowest BCUT2D eigenvalue weighted by atomic mass is 10.1. The lowest BCUT2D eigenvalue weighted by Gasteiger charge is -2.12. The number of aliphatic carboxylic acids is 1. The van der Waals surface area contributed by atoms with Gasteiger partial charge in [-0.2, -0.15) is 0 Å². The minimum absolute atomic E-state index is 0.00179. The zero-order chi connectivity index (χ0) is 15.3. The summed E-state index contributed by atoms with van der Waals surface area (Å²) < 4.78 is 28.5. The molecule has 0 radical (unpaired) electrons. The molecule has 2 N–H and O–H groups in total. The van der Waals surface area contributed by atoms with Gasteiger partial charge in [0.15, 0.2) is 5.03 Å². The molecule has 114 valence electrons. The summed E-state index contributed by atoms with van der Waals surface area (Å²) in [5, 5.41) is 8.55. The molecular formula is C12H21N3O4S. The summed E-state index contributed by atoms with van der Waals surface area (Å²) in [4.78, 5) is 14.4. The molecule has 1 aromatic heterocycles. The van der Waals surface area contributed by atoms with Crippen LogP contribution >= 0.6 is 0 Å². The number of carbonyl (C=O) groups is 1. The number of nitrogens with zero attached hydrogens (tertiary/aromatic N) is 2. The number of aromatic nitrogens is 2. The fourth-order valence-electron chi connectivity index (χ4n) is 1.87. The highest BCUT2D eigenvalue weighted by Gasteiger charge is 2.21. The number of nitrogens with one attached hydrogen (secondary N) is 1. The molecule has 0 aliphatic heterocycles. The molecule has 7 nitrogen and oxygen atoms in total. The van der Waals surface area contributed by atoms with Crippen LogP contribution in [0.1, 0.15) is 38.9 Å². The molecular weight excluding hydrogens is 282 g/mol. The Hall–Kier alpha value is -1.41. The van der Waals surface area contributed by atoms with Crippen molar-refractivity contribution in [2.24, 2.45) is 0 Å². The molecule has 8 heteroatoms. The summed E-state index contributed by atoms with van der Waals surface area (Å²) in [5.41, 5.74) is 0. The van der Waals surface area contributed by atoms with E-state index in [0.717, 1.165) is 0 Å². The first-order valence-corrected chi connectivity index (χ1v) is 8.02. The van der Waals surface area contributed by atoms with E-state index in [1.54, 1.807) is 18.4 Å². The maximum absolute atomic E-state index is 12.1. The summed E-state index contributed by atoms with van der Waals surface area (Å²) in [6, 6.07) is -0.327. The van der Waals surface area contributed by atoms with Crippen molar-refractivity contribution in [1.82, 2.24) is 14.3 Å². The van der Waals surface area contributed by atoms with Crippen LogP contribution in [0.5, 0.6) is 0 Å². The lowest BCUT2D eigenvalue weighted by molar-refractivity contribution is -0.137. The third-order valence-corrected chi connectivity index (χ3v) is 4.41. The second-order valence-corrected chi connectivity index (χ2v) is 6.38. The van der Waals surface area contributed by atoms with Crippen molar-refractivity contribution in [3.8, 4) is 0 Å². The number of carboxylic acids is 1. The average molecular weight is 303 g/mol. The number of aryl methyl sites for hydroxylation is 2. The molecule has 0 aliphatic rings. The van der Waals surface area contributed by atoms with Gasteiger partial charge in [-0.05, 0) is 33.6 Å². The molecule has 0 aromatic carbocycles. The predicted molar refractivity (Wildman–Crippen MR) is 73.9 cm³/mol. The van der Waals surface area contributed by atoms with Crippen LogP contribution in [-0.4, -0.2) is 35.1 Å². The van der Waals surface area contributed by atoms with Crippen LogP contribution < -0.4 is 4.72 Å². The van der Waals surface area contributed by atoms with E-state index in [1.807, 2.05) is 6.92 Å². The highest BCUT2D eigenvalue weighted by Crippen LogP contribution is 2.11. The van der Waals surface area contributed by atoms with E-state index in [2.05, 4.69) is 9.71 Å². The smallest absolute Gasteiger partial charge is 0.303 e. The maximum atomic E-state index is 12.1. The highest BCUT2D eigenvalue weighted by molar-refractivity contribution is 7.89.